The van der Waals surface area contributed by atoms with Crippen molar-refractivity contribution in [1.82, 2.24) is 5.32 Å². The molecule has 0 fully saturated rings. The molecule has 7 heteroatoms. The highest BCUT2D eigenvalue weighted by Gasteiger charge is 2.19. The number of nitro benzene ring substituents is 1. The lowest BCUT2D eigenvalue weighted by Crippen LogP contribution is -2.41. The van der Waals surface area contributed by atoms with Gasteiger partial charge in [0.05, 0.1) is 4.92 Å². The number of carbonyl (C=O) groups excluding carboxylic acids is 2. The van der Waals surface area contributed by atoms with Gasteiger partial charge in [0.25, 0.3) is 11.6 Å². The zero-order chi connectivity index (χ0) is 18.7. The number of anilines is 1. The first-order chi connectivity index (χ1) is 12.4. The van der Waals surface area contributed by atoms with Crippen molar-refractivity contribution in [3.63, 3.8) is 0 Å². The Kier molecular flexibility index (Phi) is 4.97. The summed E-state index contributed by atoms with van der Waals surface area (Å²) in [4.78, 5) is 34.8. The molecule has 0 bridgehead atoms. The average Bonchev–Trinajstić information content (AvgIpc) is 3.09. The van der Waals surface area contributed by atoms with Crippen LogP contribution in [0.3, 0.4) is 0 Å². The van der Waals surface area contributed by atoms with Gasteiger partial charge in [0.15, 0.2) is 0 Å². The lowest BCUT2D eigenvalue weighted by molar-refractivity contribution is -0.384. The van der Waals surface area contributed by atoms with Crippen molar-refractivity contribution in [2.24, 2.45) is 0 Å². The van der Waals surface area contributed by atoms with E-state index < -0.39 is 16.9 Å². The van der Waals surface area contributed by atoms with E-state index in [4.69, 9.17) is 0 Å². The Balaban J connectivity index is 1.62. The summed E-state index contributed by atoms with van der Waals surface area (Å²) in [5.41, 5.74) is 3.22. The van der Waals surface area contributed by atoms with Crippen LogP contribution < -0.4 is 10.6 Å². The summed E-state index contributed by atoms with van der Waals surface area (Å²) in [6.07, 6.45) is 3.21. The van der Waals surface area contributed by atoms with Crippen molar-refractivity contribution < 1.29 is 14.5 Å². The Morgan fingerprint density at radius 1 is 1.12 bits per heavy atom. The highest BCUT2D eigenvalue weighted by Crippen LogP contribution is 2.25. The van der Waals surface area contributed by atoms with Crippen LogP contribution in [0.15, 0.2) is 42.5 Å². The second-order valence-corrected chi connectivity index (χ2v) is 6.33. The molecule has 0 saturated heterocycles. The first-order valence-electron chi connectivity index (χ1n) is 8.42. The summed E-state index contributed by atoms with van der Waals surface area (Å²) in [7, 11) is 0. The third kappa shape index (κ3) is 3.88. The van der Waals surface area contributed by atoms with E-state index in [1.807, 2.05) is 18.2 Å². The molecule has 1 aliphatic carbocycles. The van der Waals surface area contributed by atoms with E-state index in [-0.39, 0.29) is 17.2 Å². The molecular weight excluding hydrogens is 334 g/mol. The molecule has 0 spiro atoms. The van der Waals surface area contributed by atoms with Crippen LogP contribution in [0.1, 0.15) is 34.8 Å². The predicted octanol–water partition coefficient (Wildman–Crippen LogP) is 2.84. The summed E-state index contributed by atoms with van der Waals surface area (Å²) < 4.78 is 0. The second kappa shape index (κ2) is 7.35. The fourth-order valence-electron chi connectivity index (χ4n) is 3.01. The molecular formula is C19H19N3O4. The minimum Gasteiger partial charge on any atom is -0.341 e. The van der Waals surface area contributed by atoms with Crippen LogP contribution in [-0.2, 0) is 17.6 Å². The number of fused-ring (bicyclic) bond motifs is 1. The summed E-state index contributed by atoms with van der Waals surface area (Å²) in [6, 6.07) is 10.4. The molecule has 0 saturated carbocycles. The van der Waals surface area contributed by atoms with Gasteiger partial charge in [0.1, 0.15) is 6.04 Å². The number of nitrogens with zero attached hydrogens (tertiary/aromatic N) is 1. The number of hydrogen-bond acceptors (Lipinski definition) is 4. The van der Waals surface area contributed by atoms with Gasteiger partial charge in [-0.05, 0) is 55.5 Å². The molecule has 0 aliphatic heterocycles. The van der Waals surface area contributed by atoms with Gasteiger partial charge >= 0.3 is 0 Å². The van der Waals surface area contributed by atoms with Gasteiger partial charge in [0, 0.05) is 23.4 Å². The van der Waals surface area contributed by atoms with Gasteiger partial charge in [-0.1, -0.05) is 12.1 Å². The molecule has 2 N–H and O–H groups in total. The molecule has 3 rings (SSSR count). The Labute approximate surface area is 150 Å². The Bertz CT molecular complexity index is 879. The number of amides is 2. The zero-order valence-corrected chi connectivity index (χ0v) is 14.3. The Morgan fingerprint density at radius 2 is 1.88 bits per heavy atom. The first-order valence-corrected chi connectivity index (χ1v) is 8.42. The predicted molar refractivity (Wildman–Crippen MR) is 97.1 cm³/mol. The maximum Gasteiger partial charge on any atom is 0.270 e. The SMILES string of the molecule is C[C@H](NC(=O)c1cccc([N+](=O)[O-])c1)C(=O)Nc1ccc2c(c1)CCC2. The average molecular weight is 353 g/mol. The molecule has 2 aromatic carbocycles. The van der Waals surface area contributed by atoms with Crippen molar-refractivity contribution >= 4 is 23.2 Å². The van der Waals surface area contributed by atoms with Crippen molar-refractivity contribution in [1.29, 1.82) is 0 Å². The fourth-order valence-corrected chi connectivity index (χ4v) is 3.01. The van der Waals surface area contributed by atoms with Crippen LogP contribution in [0.5, 0.6) is 0 Å². The first kappa shape index (κ1) is 17.6. The Hall–Kier alpha value is -3.22. The molecule has 134 valence electrons. The van der Waals surface area contributed by atoms with E-state index in [9.17, 15) is 19.7 Å². The van der Waals surface area contributed by atoms with Crippen molar-refractivity contribution in [3.8, 4) is 0 Å². The molecule has 0 heterocycles. The number of benzene rings is 2. The monoisotopic (exact) mass is 353 g/mol. The van der Waals surface area contributed by atoms with Gasteiger partial charge in [0.2, 0.25) is 5.91 Å². The fraction of sp³-hybridized carbons (Fsp3) is 0.263. The maximum absolute atomic E-state index is 12.3. The normalized spacial score (nSPS) is 13.6. The van der Waals surface area contributed by atoms with E-state index in [1.54, 1.807) is 6.92 Å². The summed E-state index contributed by atoms with van der Waals surface area (Å²) in [6.45, 7) is 1.57. The van der Waals surface area contributed by atoms with Crippen LogP contribution in [0.25, 0.3) is 0 Å². The molecule has 0 unspecified atom stereocenters. The minimum atomic E-state index is -0.782. The van der Waals surface area contributed by atoms with Crippen molar-refractivity contribution in [2.75, 3.05) is 5.32 Å². The van der Waals surface area contributed by atoms with E-state index in [0.29, 0.717) is 5.69 Å². The molecule has 2 aromatic rings. The van der Waals surface area contributed by atoms with Gasteiger partial charge in [-0.2, -0.15) is 0 Å². The summed E-state index contributed by atoms with van der Waals surface area (Å²) in [5, 5.41) is 16.2. The minimum absolute atomic E-state index is 0.136. The molecule has 26 heavy (non-hydrogen) atoms. The lowest BCUT2D eigenvalue weighted by atomic mass is 10.1. The molecule has 0 radical (unpaired) electrons. The van der Waals surface area contributed by atoms with Gasteiger partial charge in [-0.15, -0.1) is 0 Å². The number of hydrogen-bond donors (Lipinski definition) is 2. The molecule has 1 atom stereocenters. The van der Waals surface area contributed by atoms with Crippen LogP contribution in [-0.4, -0.2) is 22.8 Å². The van der Waals surface area contributed by atoms with Crippen LogP contribution in [0, 0.1) is 10.1 Å². The van der Waals surface area contributed by atoms with Gasteiger partial charge < -0.3 is 10.6 Å². The van der Waals surface area contributed by atoms with E-state index >= 15 is 0 Å². The lowest BCUT2D eigenvalue weighted by Gasteiger charge is -2.15. The van der Waals surface area contributed by atoms with Crippen LogP contribution in [0.4, 0.5) is 11.4 Å². The van der Waals surface area contributed by atoms with Crippen molar-refractivity contribution in [3.05, 3.63) is 69.3 Å². The summed E-state index contributed by atoms with van der Waals surface area (Å²) in [5.74, 6) is -0.882. The molecule has 1 aliphatic rings. The van der Waals surface area contributed by atoms with E-state index in [0.717, 1.165) is 19.3 Å². The standard InChI is InChI=1S/C19H19N3O4/c1-12(20-19(24)15-6-3-7-17(11-15)22(25)26)18(23)21-16-9-8-13-4-2-5-14(13)10-16/h3,6-12H,2,4-5H2,1H3,(H,20,24)(H,21,23)/t12-/m0/s1. The number of aryl methyl sites for hydroxylation is 2. The molecule has 0 aromatic heterocycles. The second-order valence-electron chi connectivity index (χ2n) is 6.33. The van der Waals surface area contributed by atoms with Gasteiger partial charge in [-0.25, -0.2) is 0 Å². The van der Waals surface area contributed by atoms with Gasteiger partial charge in [-0.3, -0.25) is 19.7 Å². The molecule has 2 amide bonds. The maximum atomic E-state index is 12.3. The van der Waals surface area contributed by atoms with Crippen molar-refractivity contribution in [2.45, 2.75) is 32.2 Å². The van der Waals surface area contributed by atoms with E-state index in [1.165, 1.54) is 35.4 Å². The summed E-state index contributed by atoms with van der Waals surface area (Å²) >= 11 is 0. The number of nitro groups is 1. The Morgan fingerprint density at radius 3 is 2.65 bits per heavy atom. The largest absolute Gasteiger partial charge is 0.341 e. The topological polar surface area (TPSA) is 101 Å². The number of carbonyl (C=O) groups is 2. The number of non-ortho nitro benzene ring substituents is 1. The van der Waals surface area contributed by atoms with Crippen LogP contribution >= 0.6 is 0 Å². The van der Waals surface area contributed by atoms with E-state index in [2.05, 4.69) is 10.6 Å². The third-order valence-corrected chi connectivity index (χ3v) is 4.43. The number of rotatable bonds is 5. The molecule has 7 nitrogen and oxygen atoms in total. The highest BCUT2D eigenvalue weighted by molar-refractivity contribution is 6.01. The quantitative estimate of drug-likeness (QED) is 0.637. The third-order valence-electron chi connectivity index (χ3n) is 4.43. The highest BCUT2D eigenvalue weighted by atomic mass is 16.6. The zero-order valence-electron chi connectivity index (χ0n) is 14.3. The smallest absolute Gasteiger partial charge is 0.270 e. The van der Waals surface area contributed by atoms with Crippen LogP contribution in [0.2, 0.25) is 0 Å². The number of nitrogens with one attached hydrogen (secondary N) is 2.